The van der Waals surface area contributed by atoms with Crippen LogP contribution in [0.3, 0.4) is 0 Å². The minimum Gasteiger partial charge on any atom is -0.504 e. The van der Waals surface area contributed by atoms with E-state index in [1.165, 1.54) is 14.0 Å². The molecule has 2 aliphatic heterocycles. The molecular weight excluding hydrogens is 480 g/mol. The summed E-state index contributed by atoms with van der Waals surface area (Å²) < 4.78 is 5.32. The zero-order valence-electron chi connectivity index (χ0n) is 18.3. The maximum absolute atomic E-state index is 13.4. The largest absolute Gasteiger partial charge is 0.504 e. The molecule has 3 heterocycles. The van der Waals surface area contributed by atoms with Crippen LogP contribution in [0.25, 0.3) is 0 Å². The van der Waals surface area contributed by atoms with Crippen LogP contribution in [0.4, 0.5) is 0 Å². The van der Waals surface area contributed by atoms with E-state index in [0.717, 1.165) is 38.1 Å². The molecule has 8 atom stereocenters. The second kappa shape index (κ2) is 7.35. The van der Waals surface area contributed by atoms with Gasteiger partial charge in [-0.15, -0.1) is 11.8 Å². The molecular formula is C23H22N2O7S2. The summed E-state index contributed by atoms with van der Waals surface area (Å²) in [5.41, 5.74) is 0.873. The molecule has 3 fully saturated rings. The average molecular weight is 503 g/mol. The summed E-state index contributed by atoms with van der Waals surface area (Å²) in [4.78, 5) is 55.1. The number of hydrogen-bond donors (Lipinski definition) is 3. The van der Waals surface area contributed by atoms with Crippen LogP contribution in [-0.2, 0) is 14.4 Å². The Labute approximate surface area is 202 Å². The predicted octanol–water partition coefficient (Wildman–Crippen LogP) is 2.10. The maximum atomic E-state index is 13.4. The van der Waals surface area contributed by atoms with Crippen molar-refractivity contribution in [1.29, 1.82) is 0 Å². The van der Waals surface area contributed by atoms with Gasteiger partial charge < -0.3 is 19.9 Å². The molecule has 7 unspecified atom stereocenters. The van der Waals surface area contributed by atoms with Crippen molar-refractivity contribution in [2.45, 2.75) is 35.6 Å². The Morgan fingerprint density at radius 2 is 1.91 bits per heavy atom. The third-order valence-corrected chi connectivity index (χ3v) is 10.7. The summed E-state index contributed by atoms with van der Waals surface area (Å²) in [6.07, 6.45) is 0.718. The van der Waals surface area contributed by atoms with E-state index in [2.05, 4.69) is 4.98 Å². The molecule has 1 aromatic carbocycles. The van der Waals surface area contributed by atoms with Gasteiger partial charge in [0.1, 0.15) is 6.04 Å². The first-order valence-corrected chi connectivity index (χ1v) is 12.8. The summed E-state index contributed by atoms with van der Waals surface area (Å²) in [6.45, 7) is 1.37. The molecule has 2 aromatic rings. The number of aromatic hydroxyl groups is 1. The number of carbonyl (C=O) groups is 3. The second-order valence-electron chi connectivity index (χ2n) is 9.45. The molecule has 6 rings (SSSR count). The summed E-state index contributed by atoms with van der Waals surface area (Å²) in [5, 5.41) is 20.4. The van der Waals surface area contributed by atoms with Gasteiger partial charge >= 0.3 is 10.8 Å². The fourth-order valence-electron chi connectivity index (χ4n) is 6.79. The van der Waals surface area contributed by atoms with E-state index in [1.54, 1.807) is 23.9 Å². The highest BCUT2D eigenvalue weighted by Gasteiger charge is 2.70. The number of nitrogens with one attached hydrogen (secondary N) is 1. The number of ether oxygens (including phenoxy) is 1. The van der Waals surface area contributed by atoms with Crippen molar-refractivity contribution in [3.8, 4) is 11.5 Å². The smallest absolute Gasteiger partial charge is 0.326 e. The number of nitrogens with zero attached hydrogens (tertiary/aromatic N) is 1. The Balaban J connectivity index is 1.46. The van der Waals surface area contributed by atoms with Crippen molar-refractivity contribution in [3.05, 3.63) is 38.3 Å². The third kappa shape index (κ3) is 2.73. The lowest BCUT2D eigenvalue weighted by atomic mass is 9.68. The molecule has 2 saturated carbocycles. The lowest BCUT2D eigenvalue weighted by Gasteiger charge is -2.43. The highest BCUT2D eigenvalue weighted by Crippen LogP contribution is 2.68. The summed E-state index contributed by atoms with van der Waals surface area (Å²) in [6, 6.07) is 3.95. The molecule has 2 aliphatic carbocycles. The van der Waals surface area contributed by atoms with Crippen LogP contribution >= 0.6 is 23.1 Å². The third-order valence-electron chi connectivity index (χ3n) is 8.07. The first-order chi connectivity index (χ1) is 16.2. The molecule has 9 nitrogen and oxygen atoms in total. The van der Waals surface area contributed by atoms with Crippen LogP contribution in [0, 0.1) is 29.6 Å². The number of methoxy groups -OCH3 is 1. The number of carbonyl (C=O) groups excluding carboxylic acids is 2. The molecule has 1 saturated heterocycles. The predicted molar refractivity (Wildman–Crippen MR) is 122 cm³/mol. The number of rotatable bonds is 4. The first-order valence-electron chi connectivity index (χ1n) is 11.1. The molecule has 2 bridgehead atoms. The highest BCUT2D eigenvalue weighted by atomic mass is 32.2. The zero-order chi connectivity index (χ0) is 24.0. The van der Waals surface area contributed by atoms with E-state index in [9.17, 15) is 29.4 Å². The number of aromatic amines is 1. The maximum Gasteiger partial charge on any atom is 0.326 e. The number of aliphatic carboxylic acids is 1. The Morgan fingerprint density at radius 1 is 1.21 bits per heavy atom. The molecule has 0 spiro atoms. The van der Waals surface area contributed by atoms with E-state index in [0.29, 0.717) is 5.75 Å². The Bertz CT molecular complexity index is 1300. The lowest BCUT2D eigenvalue weighted by Crippen LogP contribution is -2.44. The highest BCUT2D eigenvalue weighted by molar-refractivity contribution is 8.00. The van der Waals surface area contributed by atoms with Gasteiger partial charge in [0, 0.05) is 16.0 Å². The number of carboxylic acid groups (broad SMARTS) is 1. The molecule has 4 aliphatic rings. The van der Waals surface area contributed by atoms with Gasteiger partial charge in [-0.05, 0) is 48.8 Å². The lowest BCUT2D eigenvalue weighted by molar-refractivity contribution is -0.154. The number of benzene rings is 1. The SMILES string of the molecule is COc1cc([C@H]2c3sc(=O)[nH]c3SC3C4CC(C5C(=O)N(C(C)C(=O)O)C(=O)C45)C32)ccc1O. The van der Waals surface area contributed by atoms with Gasteiger partial charge in [0.05, 0.1) is 24.0 Å². The van der Waals surface area contributed by atoms with Crippen molar-refractivity contribution in [2.75, 3.05) is 7.11 Å². The van der Waals surface area contributed by atoms with E-state index in [4.69, 9.17) is 4.74 Å². The van der Waals surface area contributed by atoms with Gasteiger partial charge in [0.25, 0.3) is 0 Å². The normalized spacial score (nSPS) is 34.1. The van der Waals surface area contributed by atoms with E-state index in [-0.39, 0.29) is 45.5 Å². The molecule has 178 valence electrons. The summed E-state index contributed by atoms with van der Waals surface area (Å²) in [7, 11) is 1.47. The number of amides is 2. The molecule has 1 aromatic heterocycles. The van der Waals surface area contributed by atoms with Crippen molar-refractivity contribution in [3.63, 3.8) is 0 Å². The fourth-order valence-corrected chi connectivity index (χ4v) is 9.68. The number of phenols is 1. The molecule has 11 heteroatoms. The fraction of sp³-hybridized carbons (Fsp3) is 0.478. The summed E-state index contributed by atoms with van der Waals surface area (Å²) >= 11 is 2.71. The number of likely N-dealkylation sites (tertiary alicyclic amines) is 1. The van der Waals surface area contributed by atoms with Gasteiger partial charge in [-0.3, -0.25) is 19.3 Å². The van der Waals surface area contributed by atoms with Crippen LogP contribution in [0.15, 0.2) is 28.0 Å². The monoisotopic (exact) mass is 502 g/mol. The number of carboxylic acids is 1. The topological polar surface area (TPSA) is 137 Å². The number of fused-ring (bicyclic) bond motifs is 9. The number of thiazole rings is 1. The van der Waals surface area contributed by atoms with Gasteiger partial charge in [0.15, 0.2) is 11.5 Å². The van der Waals surface area contributed by atoms with Gasteiger partial charge in [-0.2, -0.15) is 0 Å². The molecule has 2 amide bonds. The van der Waals surface area contributed by atoms with E-state index in [1.807, 2.05) is 6.07 Å². The number of thioether (sulfide) groups is 1. The first kappa shape index (κ1) is 21.7. The summed E-state index contributed by atoms with van der Waals surface area (Å²) in [5.74, 6) is -3.10. The van der Waals surface area contributed by atoms with Crippen molar-refractivity contribution in [2.24, 2.45) is 29.6 Å². The number of hydrogen-bond acceptors (Lipinski definition) is 8. The minimum absolute atomic E-state index is 0.00521. The minimum atomic E-state index is -1.20. The van der Waals surface area contributed by atoms with Crippen LogP contribution in [-0.4, -0.2) is 56.3 Å². The van der Waals surface area contributed by atoms with Gasteiger partial charge in [0.2, 0.25) is 11.8 Å². The van der Waals surface area contributed by atoms with Crippen LogP contribution < -0.4 is 9.61 Å². The number of aromatic nitrogens is 1. The zero-order valence-corrected chi connectivity index (χ0v) is 19.9. The Morgan fingerprint density at radius 3 is 2.59 bits per heavy atom. The average Bonchev–Trinajstić information content (AvgIpc) is 3.52. The van der Waals surface area contributed by atoms with E-state index < -0.39 is 29.8 Å². The van der Waals surface area contributed by atoms with Gasteiger partial charge in [-0.25, -0.2) is 4.79 Å². The van der Waals surface area contributed by atoms with Crippen LogP contribution in [0.1, 0.15) is 29.7 Å². The van der Waals surface area contributed by atoms with Gasteiger partial charge in [-0.1, -0.05) is 17.4 Å². The van der Waals surface area contributed by atoms with Crippen LogP contribution in [0.5, 0.6) is 11.5 Å². The standard InChI is InChI=1S/C23H22N2O7S2/c1-7(22(29)30)25-20(27)15-9-6-10(16(15)21(25)28)17-14(9)13(18-19(33-17)24-23(31)34-18)8-3-4-11(26)12(5-8)32-2/h3-5,7,9-10,13-17,26H,6H2,1-2H3,(H,24,31)(H,29,30)/t7?,9?,10?,13-,14?,15?,16?,17?/m1/s1. The Kier molecular flexibility index (Phi) is 4.70. The van der Waals surface area contributed by atoms with Crippen molar-refractivity contribution < 1.29 is 29.3 Å². The number of imide groups is 1. The Hall–Kier alpha value is -2.79. The quantitative estimate of drug-likeness (QED) is 0.541. The molecule has 0 radical (unpaired) electrons. The van der Waals surface area contributed by atoms with Crippen LogP contribution in [0.2, 0.25) is 0 Å². The molecule has 34 heavy (non-hydrogen) atoms. The number of H-pyrrole nitrogens is 1. The van der Waals surface area contributed by atoms with Crippen molar-refractivity contribution in [1.82, 2.24) is 9.88 Å². The second-order valence-corrected chi connectivity index (χ2v) is 11.7. The van der Waals surface area contributed by atoms with E-state index >= 15 is 0 Å². The molecule has 3 N–H and O–H groups in total. The van der Waals surface area contributed by atoms with Crippen molar-refractivity contribution >= 4 is 40.9 Å². The number of phenolic OH excluding ortho intramolecular Hbond substituents is 1.